The molecule has 7 heteroatoms. The van der Waals surface area contributed by atoms with Gasteiger partial charge in [-0.05, 0) is 57.1 Å². The second-order valence-electron chi connectivity index (χ2n) is 10.4. The van der Waals surface area contributed by atoms with Gasteiger partial charge in [-0.2, -0.15) is 4.98 Å². The number of nitrogen functional groups attached to an aromatic ring is 1. The van der Waals surface area contributed by atoms with Crippen molar-refractivity contribution in [2.45, 2.75) is 94.0 Å². The summed E-state index contributed by atoms with van der Waals surface area (Å²) in [4.78, 5) is 17.9. The number of aromatic nitrogens is 4. The first kappa shape index (κ1) is 32.2. The first-order chi connectivity index (χ1) is 18.7. The summed E-state index contributed by atoms with van der Waals surface area (Å²) < 4.78 is 1.06. The molecule has 3 aromatic rings. The molecule has 1 aliphatic rings. The molecule has 4 rings (SSSR count). The van der Waals surface area contributed by atoms with Gasteiger partial charge in [-0.25, -0.2) is 9.97 Å². The molecule has 0 spiro atoms. The number of allylic oxidation sites excluding steroid dienone is 4. The van der Waals surface area contributed by atoms with E-state index in [9.17, 15) is 0 Å². The van der Waals surface area contributed by atoms with Gasteiger partial charge in [-0.15, -0.1) is 11.3 Å². The summed E-state index contributed by atoms with van der Waals surface area (Å²) in [7, 11) is 0. The van der Waals surface area contributed by atoms with Gasteiger partial charge in [-0.1, -0.05) is 84.3 Å². The second-order valence-corrected chi connectivity index (χ2v) is 11.5. The number of anilines is 2. The normalized spacial score (nSPS) is 14.3. The molecule has 1 unspecified atom stereocenters. The highest BCUT2D eigenvalue weighted by atomic mass is 32.1. The molecule has 0 saturated carbocycles. The van der Waals surface area contributed by atoms with E-state index in [1.807, 2.05) is 26.8 Å². The fourth-order valence-corrected chi connectivity index (χ4v) is 5.57. The van der Waals surface area contributed by atoms with E-state index in [1.165, 1.54) is 30.4 Å². The second kappa shape index (κ2) is 16.1. The number of hydrogen-bond acceptors (Lipinski definition) is 7. The Morgan fingerprint density at radius 2 is 1.79 bits per heavy atom. The summed E-state index contributed by atoms with van der Waals surface area (Å²) in [6, 6.07) is 2.02. The highest BCUT2D eigenvalue weighted by Gasteiger charge is 2.17. The molecule has 0 fully saturated rings. The highest BCUT2D eigenvalue weighted by molar-refractivity contribution is 7.21. The molecule has 39 heavy (non-hydrogen) atoms. The topological polar surface area (TPSA) is 89.6 Å². The smallest absolute Gasteiger partial charge is 0.225 e. The predicted molar refractivity (Wildman–Crippen MR) is 171 cm³/mol. The maximum atomic E-state index is 6.30. The summed E-state index contributed by atoms with van der Waals surface area (Å²) in [5.41, 5.74) is 11.3. The number of aryl methyl sites for hydroxylation is 1. The van der Waals surface area contributed by atoms with Crippen LogP contribution in [0.25, 0.3) is 20.8 Å². The average molecular weight is 549 g/mol. The highest BCUT2D eigenvalue weighted by Crippen LogP contribution is 2.34. The number of nitrogens with zero attached hydrogens (tertiary/aromatic N) is 4. The van der Waals surface area contributed by atoms with Crippen LogP contribution in [0, 0.1) is 18.8 Å². The Hall–Kier alpha value is -3.06. The number of pyridine rings is 1. The molecule has 0 aromatic carbocycles. The van der Waals surface area contributed by atoms with Crippen LogP contribution in [0.4, 0.5) is 11.8 Å². The van der Waals surface area contributed by atoms with Gasteiger partial charge >= 0.3 is 0 Å². The Bertz CT molecular complexity index is 1210. The number of thiazole rings is 1. The van der Waals surface area contributed by atoms with Gasteiger partial charge in [-0.3, -0.25) is 4.98 Å². The van der Waals surface area contributed by atoms with Crippen molar-refractivity contribution in [3.05, 3.63) is 59.6 Å². The molecule has 3 N–H and O–H groups in total. The quantitative estimate of drug-likeness (QED) is 0.292. The van der Waals surface area contributed by atoms with Crippen LogP contribution < -0.4 is 11.1 Å². The van der Waals surface area contributed by atoms with Gasteiger partial charge in [0.2, 0.25) is 5.95 Å². The van der Waals surface area contributed by atoms with Crippen LogP contribution in [0.15, 0.2) is 53.9 Å². The standard InChI is InChI=1S/C21H22N6S.C9H20.C2H6/c1-12-5-4-6-15(8-7-12)13(2)24-21-25-14(3)18(19(22)27-21)20-26-16-11-23-10-9-17(16)28-20;1-5-6-9(4)7-8(2)3;1-2/h4,6-11,13H,5H2,1-3H3,(H3,22,24,25,27);8-9H,5-7H2,1-4H3;1-2H3/t13-;;/m1../s1. The van der Waals surface area contributed by atoms with Crippen molar-refractivity contribution in [3.63, 3.8) is 0 Å². The minimum absolute atomic E-state index is 0.0663. The first-order valence-corrected chi connectivity index (χ1v) is 15.1. The van der Waals surface area contributed by atoms with Crippen LogP contribution in [0.2, 0.25) is 0 Å². The van der Waals surface area contributed by atoms with Gasteiger partial charge in [0.05, 0.1) is 28.2 Å². The lowest BCUT2D eigenvalue weighted by atomic mass is 9.95. The molecule has 2 atom stereocenters. The van der Waals surface area contributed by atoms with E-state index in [-0.39, 0.29) is 6.04 Å². The lowest BCUT2D eigenvalue weighted by Gasteiger charge is -2.16. The van der Waals surface area contributed by atoms with Gasteiger partial charge < -0.3 is 11.1 Å². The molecule has 0 amide bonds. The van der Waals surface area contributed by atoms with E-state index in [2.05, 4.69) is 91.1 Å². The zero-order valence-electron chi connectivity index (χ0n) is 25.4. The van der Waals surface area contributed by atoms with E-state index in [4.69, 9.17) is 5.73 Å². The van der Waals surface area contributed by atoms with E-state index in [0.717, 1.165) is 44.7 Å². The summed E-state index contributed by atoms with van der Waals surface area (Å²) in [6.45, 7) is 19.4. The lowest BCUT2D eigenvalue weighted by molar-refractivity contribution is 0.412. The molecule has 3 aromatic heterocycles. The van der Waals surface area contributed by atoms with Crippen LogP contribution in [-0.2, 0) is 0 Å². The fourth-order valence-electron chi connectivity index (χ4n) is 4.53. The molecule has 0 radical (unpaired) electrons. The predicted octanol–water partition coefficient (Wildman–Crippen LogP) is 9.17. The zero-order chi connectivity index (χ0) is 28.9. The van der Waals surface area contributed by atoms with E-state index in [0.29, 0.717) is 11.8 Å². The van der Waals surface area contributed by atoms with Crippen LogP contribution in [0.5, 0.6) is 0 Å². The summed E-state index contributed by atoms with van der Waals surface area (Å²) in [5, 5.41) is 4.18. The van der Waals surface area contributed by atoms with Crippen molar-refractivity contribution >= 4 is 33.3 Å². The number of rotatable bonds is 8. The van der Waals surface area contributed by atoms with Crippen molar-refractivity contribution in [1.29, 1.82) is 0 Å². The van der Waals surface area contributed by atoms with E-state index < -0.39 is 0 Å². The third-order valence-electron chi connectivity index (χ3n) is 6.33. The molecule has 6 nitrogen and oxygen atoms in total. The zero-order valence-corrected chi connectivity index (χ0v) is 26.2. The average Bonchev–Trinajstić information content (AvgIpc) is 3.17. The number of nitrogens with one attached hydrogen (secondary N) is 1. The summed E-state index contributed by atoms with van der Waals surface area (Å²) in [5.74, 6) is 2.77. The van der Waals surface area contributed by atoms with Crippen LogP contribution >= 0.6 is 11.3 Å². The SMILES string of the molecule is CC.CC1=CC=C([C@@H](C)Nc2nc(C)c(-c3nc4cnccc4s3)c(N)n2)C=CC1.CCCC(C)CC(C)C. The minimum Gasteiger partial charge on any atom is -0.383 e. The van der Waals surface area contributed by atoms with Crippen LogP contribution in [-0.4, -0.2) is 26.0 Å². The number of hydrogen-bond donors (Lipinski definition) is 2. The van der Waals surface area contributed by atoms with E-state index >= 15 is 0 Å². The monoisotopic (exact) mass is 548 g/mol. The molecule has 212 valence electrons. The summed E-state index contributed by atoms with van der Waals surface area (Å²) >= 11 is 1.57. The Labute approximate surface area is 240 Å². The van der Waals surface area contributed by atoms with Gasteiger partial charge in [0.25, 0.3) is 0 Å². The molecule has 1 aliphatic carbocycles. The molecule has 0 aliphatic heterocycles. The molecular formula is C32H48N6S. The van der Waals surface area contributed by atoms with Crippen LogP contribution in [0.1, 0.15) is 86.8 Å². The Kier molecular flexibility index (Phi) is 13.3. The third-order valence-corrected chi connectivity index (χ3v) is 7.39. The number of nitrogens with two attached hydrogens (primary N) is 1. The third kappa shape index (κ3) is 9.88. The Balaban J connectivity index is 0.000000415. The van der Waals surface area contributed by atoms with Crippen LogP contribution in [0.3, 0.4) is 0 Å². The lowest BCUT2D eigenvalue weighted by Crippen LogP contribution is -2.19. The van der Waals surface area contributed by atoms with Gasteiger partial charge in [0.1, 0.15) is 16.3 Å². The fraction of sp³-hybridized carbons (Fsp3) is 0.500. The van der Waals surface area contributed by atoms with E-state index in [1.54, 1.807) is 23.7 Å². The molecular weight excluding hydrogens is 500 g/mol. The van der Waals surface area contributed by atoms with Crippen molar-refractivity contribution in [2.24, 2.45) is 11.8 Å². The maximum Gasteiger partial charge on any atom is 0.225 e. The van der Waals surface area contributed by atoms with Gasteiger partial charge in [0, 0.05) is 6.20 Å². The molecule has 0 bridgehead atoms. The summed E-state index contributed by atoms with van der Waals surface area (Å²) in [6.07, 6.45) is 17.2. The Morgan fingerprint density at radius 1 is 1.05 bits per heavy atom. The molecule has 3 heterocycles. The van der Waals surface area contributed by atoms with Gasteiger partial charge in [0.15, 0.2) is 0 Å². The minimum atomic E-state index is 0.0663. The largest absolute Gasteiger partial charge is 0.383 e. The van der Waals surface area contributed by atoms with Crippen molar-refractivity contribution in [1.82, 2.24) is 19.9 Å². The van der Waals surface area contributed by atoms with Crippen molar-refractivity contribution < 1.29 is 0 Å². The van der Waals surface area contributed by atoms with Crippen molar-refractivity contribution in [2.75, 3.05) is 11.1 Å². The number of fused-ring (bicyclic) bond motifs is 1. The first-order valence-electron chi connectivity index (χ1n) is 14.3. The molecule has 0 saturated heterocycles. The maximum absolute atomic E-state index is 6.30. The van der Waals surface area contributed by atoms with Crippen molar-refractivity contribution in [3.8, 4) is 10.6 Å². The Morgan fingerprint density at radius 3 is 2.44 bits per heavy atom.